The summed E-state index contributed by atoms with van der Waals surface area (Å²) in [5.74, 6) is 0.974. The third kappa shape index (κ3) is 3.74. The van der Waals surface area contributed by atoms with Gasteiger partial charge < -0.3 is 5.32 Å². The Hall–Kier alpha value is -3.74. The molecule has 0 unspecified atom stereocenters. The number of rotatable bonds is 2. The molecule has 4 nitrogen and oxygen atoms in total. The zero-order valence-corrected chi connectivity index (χ0v) is 16.3. The van der Waals surface area contributed by atoms with Crippen LogP contribution in [0.5, 0.6) is 0 Å². The fourth-order valence-electron chi connectivity index (χ4n) is 3.67. The molecule has 5 rings (SSSR count). The van der Waals surface area contributed by atoms with Crippen LogP contribution in [0.1, 0.15) is 17.5 Å². The van der Waals surface area contributed by atoms with Crippen molar-refractivity contribution in [1.29, 1.82) is 0 Å². The predicted octanol–water partition coefficient (Wildman–Crippen LogP) is 6.25. The van der Waals surface area contributed by atoms with Crippen LogP contribution < -0.4 is 5.32 Å². The molecule has 3 aromatic carbocycles. The van der Waals surface area contributed by atoms with E-state index >= 15 is 0 Å². The van der Waals surface area contributed by atoms with Gasteiger partial charge in [-0.3, -0.25) is 0 Å². The maximum absolute atomic E-state index is 13.3. The van der Waals surface area contributed by atoms with Gasteiger partial charge in [-0.25, -0.2) is 15.0 Å². The van der Waals surface area contributed by atoms with Crippen molar-refractivity contribution < 1.29 is 13.2 Å². The molecule has 0 bridgehead atoms. The number of hydrogen-bond donors (Lipinski definition) is 1. The summed E-state index contributed by atoms with van der Waals surface area (Å²) in [5, 5.41) is 3.90. The van der Waals surface area contributed by atoms with Crippen molar-refractivity contribution in [2.24, 2.45) is 4.99 Å². The Morgan fingerprint density at radius 1 is 0.871 bits per heavy atom. The van der Waals surface area contributed by atoms with Crippen LogP contribution in [-0.4, -0.2) is 22.2 Å². The SMILES string of the molecule is FC(F)(F)c1ccc2c(c1)C(=Nc1nc(-c3ccccc3)nc3ccccc13)CCN2. The van der Waals surface area contributed by atoms with E-state index in [1.165, 1.54) is 6.07 Å². The topological polar surface area (TPSA) is 50.2 Å². The number of aromatic nitrogens is 2. The van der Waals surface area contributed by atoms with Crippen LogP contribution in [0.15, 0.2) is 77.8 Å². The number of fused-ring (bicyclic) bond motifs is 2. The van der Waals surface area contributed by atoms with Gasteiger partial charge in [-0.05, 0) is 30.3 Å². The number of halogens is 3. The Bertz CT molecular complexity index is 1300. The molecule has 0 saturated heterocycles. The van der Waals surface area contributed by atoms with Crippen molar-refractivity contribution in [2.75, 3.05) is 11.9 Å². The lowest BCUT2D eigenvalue weighted by atomic mass is 9.98. The Morgan fingerprint density at radius 2 is 1.65 bits per heavy atom. The summed E-state index contributed by atoms with van der Waals surface area (Å²) in [7, 11) is 0. The molecule has 4 aromatic rings. The lowest BCUT2D eigenvalue weighted by Gasteiger charge is -2.21. The van der Waals surface area contributed by atoms with Crippen molar-refractivity contribution in [2.45, 2.75) is 12.6 Å². The monoisotopic (exact) mass is 418 g/mol. The first-order chi connectivity index (χ1) is 15.0. The van der Waals surface area contributed by atoms with Crippen molar-refractivity contribution in [3.05, 3.63) is 83.9 Å². The molecule has 1 N–H and O–H groups in total. The van der Waals surface area contributed by atoms with Crippen LogP contribution in [-0.2, 0) is 6.18 Å². The first kappa shape index (κ1) is 19.2. The highest BCUT2D eigenvalue weighted by Crippen LogP contribution is 2.35. The molecule has 31 heavy (non-hydrogen) atoms. The fraction of sp³-hybridized carbons (Fsp3) is 0.125. The second-order valence-electron chi connectivity index (χ2n) is 7.25. The lowest BCUT2D eigenvalue weighted by molar-refractivity contribution is -0.137. The number of alkyl halides is 3. The minimum absolute atomic E-state index is 0.449. The number of para-hydroxylation sites is 1. The molecular formula is C24H17F3N4. The smallest absolute Gasteiger partial charge is 0.384 e. The molecule has 1 aliphatic heterocycles. The van der Waals surface area contributed by atoms with Crippen LogP contribution in [0.25, 0.3) is 22.3 Å². The summed E-state index contributed by atoms with van der Waals surface area (Å²) in [5.41, 5.74) is 2.54. The molecule has 1 aromatic heterocycles. The normalized spacial score (nSPS) is 15.0. The van der Waals surface area contributed by atoms with Gasteiger partial charge in [0.25, 0.3) is 0 Å². The van der Waals surface area contributed by atoms with Gasteiger partial charge in [-0.2, -0.15) is 13.2 Å². The van der Waals surface area contributed by atoms with E-state index in [9.17, 15) is 13.2 Å². The minimum atomic E-state index is -4.42. The highest BCUT2D eigenvalue weighted by atomic mass is 19.4. The first-order valence-electron chi connectivity index (χ1n) is 9.84. The van der Waals surface area contributed by atoms with Gasteiger partial charge in [0, 0.05) is 35.2 Å². The van der Waals surface area contributed by atoms with Gasteiger partial charge in [-0.1, -0.05) is 42.5 Å². The third-order valence-electron chi connectivity index (χ3n) is 5.19. The van der Waals surface area contributed by atoms with E-state index in [1.807, 2.05) is 54.6 Å². The van der Waals surface area contributed by atoms with E-state index in [2.05, 4.69) is 15.3 Å². The molecule has 2 heterocycles. The standard InChI is InChI=1S/C24H17F3N4/c25-24(26,27)16-10-11-19-18(14-16)21(12-13-28-19)30-23-17-8-4-5-9-20(17)29-22(31-23)15-6-2-1-3-7-15/h1-11,14,28H,12-13H2. The molecule has 0 spiro atoms. The lowest BCUT2D eigenvalue weighted by Crippen LogP contribution is -2.20. The summed E-state index contributed by atoms with van der Waals surface area (Å²) in [6.45, 7) is 0.589. The predicted molar refractivity (Wildman–Crippen MR) is 116 cm³/mol. The highest BCUT2D eigenvalue weighted by Gasteiger charge is 2.32. The molecule has 7 heteroatoms. The van der Waals surface area contributed by atoms with Gasteiger partial charge in [0.05, 0.1) is 16.8 Å². The van der Waals surface area contributed by atoms with Crippen LogP contribution >= 0.6 is 0 Å². The highest BCUT2D eigenvalue weighted by molar-refractivity contribution is 6.09. The number of nitrogens with zero attached hydrogens (tertiary/aromatic N) is 3. The zero-order valence-electron chi connectivity index (χ0n) is 16.3. The van der Waals surface area contributed by atoms with E-state index in [4.69, 9.17) is 4.99 Å². The molecule has 0 fully saturated rings. The zero-order chi connectivity index (χ0) is 21.4. The fourth-order valence-corrected chi connectivity index (χ4v) is 3.67. The quantitative estimate of drug-likeness (QED) is 0.418. The van der Waals surface area contributed by atoms with E-state index in [-0.39, 0.29) is 0 Å². The Balaban J connectivity index is 1.69. The van der Waals surface area contributed by atoms with Crippen LogP contribution in [0.2, 0.25) is 0 Å². The summed E-state index contributed by atoms with van der Waals surface area (Å²) in [6, 6.07) is 20.8. The van der Waals surface area contributed by atoms with E-state index < -0.39 is 11.7 Å². The minimum Gasteiger partial charge on any atom is -0.384 e. The van der Waals surface area contributed by atoms with Crippen LogP contribution in [0, 0.1) is 0 Å². The number of nitrogens with one attached hydrogen (secondary N) is 1. The van der Waals surface area contributed by atoms with Crippen LogP contribution in [0.4, 0.5) is 24.7 Å². The third-order valence-corrected chi connectivity index (χ3v) is 5.19. The maximum atomic E-state index is 13.3. The molecule has 0 atom stereocenters. The average Bonchev–Trinajstić information content (AvgIpc) is 2.79. The van der Waals surface area contributed by atoms with Crippen molar-refractivity contribution in [1.82, 2.24) is 9.97 Å². The van der Waals surface area contributed by atoms with Gasteiger partial charge >= 0.3 is 6.18 Å². The van der Waals surface area contributed by atoms with E-state index in [0.717, 1.165) is 28.6 Å². The molecule has 0 saturated carbocycles. The van der Waals surface area contributed by atoms with Gasteiger partial charge in [0.1, 0.15) is 0 Å². The average molecular weight is 418 g/mol. The molecule has 0 amide bonds. The molecule has 1 aliphatic rings. The second-order valence-corrected chi connectivity index (χ2v) is 7.25. The molecular weight excluding hydrogens is 401 g/mol. The summed E-state index contributed by atoms with van der Waals surface area (Å²) in [4.78, 5) is 14.1. The van der Waals surface area contributed by atoms with E-state index in [0.29, 0.717) is 41.6 Å². The van der Waals surface area contributed by atoms with Crippen molar-refractivity contribution in [3.63, 3.8) is 0 Å². The molecule has 154 valence electrons. The summed E-state index contributed by atoms with van der Waals surface area (Å²) >= 11 is 0. The van der Waals surface area contributed by atoms with Gasteiger partial charge in [0.2, 0.25) is 0 Å². The van der Waals surface area contributed by atoms with Crippen molar-refractivity contribution in [3.8, 4) is 11.4 Å². The number of hydrogen-bond acceptors (Lipinski definition) is 4. The van der Waals surface area contributed by atoms with Crippen molar-refractivity contribution >= 4 is 28.1 Å². The summed E-state index contributed by atoms with van der Waals surface area (Å²) < 4.78 is 39.8. The first-order valence-corrected chi connectivity index (χ1v) is 9.84. The van der Waals surface area contributed by atoms with Gasteiger partial charge in [0.15, 0.2) is 11.6 Å². The number of anilines is 1. The van der Waals surface area contributed by atoms with Crippen LogP contribution in [0.3, 0.4) is 0 Å². The molecule has 0 radical (unpaired) electrons. The Kier molecular flexibility index (Phi) is 4.66. The number of aliphatic imine (C=N–C) groups is 1. The second kappa shape index (κ2) is 7.50. The van der Waals surface area contributed by atoms with E-state index in [1.54, 1.807) is 0 Å². The largest absolute Gasteiger partial charge is 0.416 e. The Labute approximate surface area is 176 Å². The number of benzene rings is 3. The Morgan fingerprint density at radius 3 is 2.45 bits per heavy atom. The maximum Gasteiger partial charge on any atom is 0.416 e. The summed E-state index contributed by atoms with van der Waals surface area (Å²) in [6.07, 6.45) is -3.92. The molecule has 0 aliphatic carbocycles. The van der Waals surface area contributed by atoms with Gasteiger partial charge in [-0.15, -0.1) is 0 Å².